The predicted octanol–water partition coefficient (Wildman–Crippen LogP) is 4.28. The summed E-state index contributed by atoms with van der Waals surface area (Å²) in [5.74, 6) is -1.02. The lowest BCUT2D eigenvalue weighted by atomic mass is 10.1. The average molecular weight is 436 g/mol. The van der Waals surface area contributed by atoms with Gasteiger partial charge in [-0.15, -0.1) is 0 Å². The van der Waals surface area contributed by atoms with Gasteiger partial charge in [0.25, 0.3) is 0 Å². The fraction of sp³-hybridized carbons (Fsp3) is 0.217. The molecule has 9 heteroatoms. The van der Waals surface area contributed by atoms with E-state index < -0.39 is 11.6 Å². The van der Waals surface area contributed by atoms with Crippen LogP contribution in [0.3, 0.4) is 0 Å². The van der Waals surface area contributed by atoms with E-state index in [0.717, 1.165) is 31.6 Å². The van der Waals surface area contributed by atoms with Crippen LogP contribution in [-0.2, 0) is 0 Å². The second-order valence-corrected chi connectivity index (χ2v) is 7.92. The summed E-state index contributed by atoms with van der Waals surface area (Å²) in [6.07, 6.45) is 5.30. The molecule has 0 aliphatic carbocycles. The Labute approximate surface area is 182 Å². The molecule has 0 amide bonds. The van der Waals surface area contributed by atoms with Crippen molar-refractivity contribution in [1.82, 2.24) is 15.0 Å². The van der Waals surface area contributed by atoms with Crippen LogP contribution in [0.4, 0.5) is 26.0 Å². The van der Waals surface area contributed by atoms with Crippen molar-refractivity contribution in [2.45, 2.75) is 18.9 Å². The quantitative estimate of drug-likeness (QED) is 0.381. The number of nitrogens with two attached hydrogens (primary N) is 1. The van der Waals surface area contributed by atoms with Crippen LogP contribution in [-0.4, -0.2) is 39.2 Å². The number of H-pyrrole nitrogens is 1. The topological polar surface area (TPSA) is 103 Å². The van der Waals surface area contributed by atoms with Gasteiger partial charge in [0.15, 0.2) is 5.88 Å². The van der Waals surface area contributed by atoms with Crippen molar-refractivity contribution in [3.05, 3.63) is 60.4 Å². The number of hydrogen-bond donors (Lipinski definition) is 4. The highest BCUT2D eigenvalue weighted by molar-refractivity contribution is 5.99. The van der Waals surface area contributed by atoms with E-state index in [0.29, 0.717) is 22.4 Å². The molecule has 0 spiro atoms. The Morgan fingerprint density at radius 1 is 1.19 bits per heavy atom. The normalized spacial score (nSPS) is 16.5. The molecule has 0 bridgehead atoms. The molecular formula is C23H22F2N6O. The highest BCUT2D eigenvalue weighted by Gasteiger charge is 2.19. The van der Waals surface area contributed by atoms with Crippen molar-refractivity contribution in [2.75, 3.05) is 23.3 Å². The van der Waals surface area contributed by atoms with Gasteiger partial charge in [-0.05, 0) is 43.2 Å². The van der Waals surface area contributed by atoms with Crippen LogP contribution in [0.5, 0.6) is 5.88 Å². The molecular weight excluding hydrogens is 414 g/mol. The molecule has 5 N–H and O–H groups in total. The standard InChI is InChI=1S/C23H22F2N6O/c24-15-4-1-5-16(25)21(15)17-9-18(22-19(29-17)11-28-23(22)32)30-20-7-6-14(10-27-20)31-8-2-3-13(26)12-31/h1,4-7,9-11,13,28,32H,2-3,8,12,26H2,(H,27,30). The maximum Gasteiger partial charge on any atom is 0.200 e. The van der Waals surface area contributed by atoms with Gasteiger partial charge in [-0.1, -0.05) is 6.07 Å². The van der Waals surface area contributed by atoms with Gasteiger partial charge in [0.05, 0.1) is 39.7 Å². The lowest BCUT2D eigenvalue weighted by Gasteiger charge is -2.32. The second-order valence-electron chi connectivity index (χ2n) is 7.92. The molecule has 32 heavy (non-hydrogen) atoms. The van der Waals surface area contributed by atoms with Crippen molar-refractivity contribution in [3.8, 4) is 17.1 Å². The number of fused-ring (bicyclic) bond motifs is 1. The number of nitrogens with one attached hydrogen (secondary N) is 2. The van der Waals surface area contributed by atoms with Gasteiger partial charge in [0.2, 0.25) is 0 Å². The molecule has 1 aliphatic rings. The Morgan fingerprint density at radius 3 is 2.72 bits per heavy atom. The van der Waals surface area contributed by atoms with E-state index in [1.54, 1.807) is 6.20 Å². The van der Waals surface area contributed by atoms with Crippen molar-refractivity contribution >= 4 is 28.1 Å². The molecule has 1 saturated heterocycles. The third-order valence-corrected chi connectivity index (χ3v) is 5.68. The highest BCUT2D eigenvalue weighted by atomic mass is 19.1. The van der Waals surface area contributed by atoms with Gasteiger partial charge in [0, 0.05) is 25.3 Å². The van der Waals surface area contributed by atoms with Crippen LogP contribution < -0.4 is 16.0 Å². The first-order chi connectivity index (χ1) is 15.5. The summed E-state index contributed by atoms with van der Waals surface area (Å²) in [6, 6.07) is 9.07. The molecule has 1 fully saturated rings. The van der Waals surface area contributed by atoms with E-state index in [2.05, 4.69) is 25.2 Å². The van der Waals surface area contributed by atoms with Crippen LogP contribution in [0.2, 0.25) is 0 Å². The number of pyridine rings is 2. The SMILES string of the molecule is NC1CCCN(c2ccc(Nc3cc(-c4c(F)cccc4F)nc4c[nH]c(O)c34)nc2)C1. The van der Waals surface area contributed by atoms with E-state index in [1.165, 1.54) is 30.5 Å². The number of halogens is 2. The minimum Gasteiger partial charge on any atom is -0.494 e. The van der Waals surface area contributed by atoms with Crippen molar-refractivity contribution < 1.29 is 13.9 Å². The fourth-order valence-electron chi connectivity index (χ4n) is 4.13. The van der Waals surface area contributed by atoms with Gasteiger partial charge in [-0.3, -0.25) is 0 Å². The zero-order chi connectivity index (χ0) is 22.2. The molecule has 3 aromatic heterocycles. The summed E-state index contributed by atoms with van der Waals surface area (Å²) in [6.45, 7) is 1.72. The van der Waals surface area contributed by atoms with Crippen molar-refractivity contribution in [1.29, 1.82) is 0 Å². The summed E-state index contributed by atoms with van der Waals surface area (Å²) in [5, 5.41) is 13.8. The summed E-state index contributed by atoms with van der Waals surface area (Å²) in [4.78, 5) is 13.7. The number of aromatic nitrogens is 3. The van der Waals surface area contributed by atoms with Crippen LogP contribution >= 0.6 is 0 Å². The molecule has 164 valence electrons. The molecule has 1 unspecified atom stereocenters. The smallest absolute Gasteiger partial charge is 0.200 e. The zero-order valence-corrected chi connectivity index (χ0v) is 17.1. The summed E-state index contributed by atoms with van der Waals surface area (Å²) < 4.78 is 28.7. The Morgan fingerprint density at radius 2 is 2.00 bits per heavy atom. The number of aromatic hydroxyl groups is 1. The lowest BCUT2D eigenvalue weighted by Crippen LogP contribution is -2.42. The Kier molecular flexibility index (Phi) is 5.10. The first-order valence-electron chi connectivity index (χ1n) is 10.4. The van der Waals surface area contributed by atoms with E-state index in [1.807, 2.05) is 12.1 Å². The lowest BCUT2D eigenvalue weighted by molar-refractivity contribution is 0.463. The van der Waals surface area contributed by atoms with Crippen molar-refractivity contribution in [3.63, 3.8) is 0 Å². The number of benzene rings is 1. The number of anilines is 3. The van der Waals surface area contributed by atoms with E-state index in [-0.39, 0.29) is 23.2 Å². The molecule has 5 rings (SSSR count). The first kappa shape index (κ1) is 20.2. The fourth-order valence-corrected chi connectivity index (χ4v) is 4.13. The Bertz CT molecular complexity index is 1250. The molecule has 1 aromatic carbocycles. The van der Waals surface area contributed by atoms with Crippen LogP contribution in [0.25, 0.3) is 22.2 Å². The molecule has 7 nitrogen and oxygen atoms in total. The number of rotatable bonds is 4. The molecule has 1 atom stereocenters. The second kappa shape index (κ2) is 8.08. The molecule has 1 aliphatic heterocycles. The predicted molar refractivity (Wildman–Crippen MR) is 120 cm³/mol. The number of nitrogens with zero attached hydrogens (tertiary/aromatic N) is 3. The van der Waals surface area contributed by atoms with Crippen LogP contribution in [0, 0.1) is 11.6 Å². The summed E-state index contributed by atoms with van der Waals surface area (Å²) in [7, 11) is 0. The maximum atomic E-state index is 14.4. The van der Waals surface area contributed by atoms with Crippen molar-refractivity contribution in [2.24, 2.45) is 5.73 Å². The summed E-state index contributed by atoms with van der Waals surface area (Å²) >= 11 is 0. The van der Waals surface area contributed by atoms with Crippen LogP contribution in [0.1, 0.15) is 12.8 Å². The Hall–Kier alpha value is -3.72. The molecule has 4 heterocycles. The first-order valence-corrected chi connectivity index (χ1v) is 10.4. The van der Waals surface area contributed by atoms with Crippen LogP contribution in [0.15, 0.2) is 48.8 Å². The van der Waals surface area contributed by atoms with Gasteiger partial charge in [0.1, 0.15) is 17.5 Å². The largest absolute Gasteiger partial charge is 0.494 e. The summed E-state index contributed by atoms with van der Waals surface area (Å²) in [5.41, 5.74) is 7.71. The third kappa shape index (κ3) is 3.71. The monoisotopic (exact) mass is 436 g/mol. The number of hydrogen-bond acceptors (Lipinski definition) is 6. The number of aromatic amines is 1. The Balaban J connectivity index is 1.50. The molecule has 0 saturated carbocycles. The molecule has 0 radical (unpaired) electrons. The van der Waals surface area contributed by atoms with E-state index in [9.17, 15) is 13.9 Å². The van der Waals surface area contributed by atoms with E-state index in [4.69, 9.17) is 5.73 Å². The van der Waals surface area contributed by atoms with Gasteiger partial charge in [-0.2, -0.15) is 0 Å². The maximum absolute atomic E-state index is 14.4. The minimum atomic E-state index is -0.718. The zero-order valence-electron chi connectivity index (χ0n) is 17.1. The average Bonchev–Trinajstić information content (AvgIpc) is 3.15. The third-order valence-electron chi connectivity index (χ3n) is 5.68. The van der Waals surface area contributed by atoms with Gasteiger partial charge >= 0.3 is 0 Å². The highest BCUT2D eigenvalue weighted by Crippen LogP contribution is 2.36. The minimum absolute atomic E-state index is 0.102. The van der Waals surface area contributed by atoms with Gasteiger partial charge < -0.3 is 26.0 Å². The number of piperidine rings is 1. The van der Waals surface area contributed by atoms with E-state index >= 15 is 0 Å². The van der Waals surface area contributed by atoms with Gasteiger partial charge in [-0.25, -0.2) is 18.7 Å². The molecule has 4 aromatic rings.